The molecule has 0 aliphatic rings. The van der Waals surface area contributed by atoms with Crippen molar-refractivity contribution < 1.29 is 4.42 Å². The van der Waals surface area contributed by atoms with Crippen molar-refractivity contribution in [2.24, 2.45) is 0 Å². The van der Waals surface area contributed by atoms with Crippen LogP contribution in [0.5, 0.6) is 0 Å². The Labute approximate surface area is 360 Å². The van der Waals surface area contributed by atoms with Crippen LogP contribution in [-0.4, -0.2) is 0 Å². The Bertz CT molecular complexity index is 3620. The second kappa shape index (κ2) is 14.8. The van der Waals surface area contributed by atoms with Gasteiger partial charge < -0.3 is 9.32 Å². The Hall–Kier alpha value is -8.20. The van der Waals surface area contributed by atoms with Crippen LogP contribution in [0.3, 0.4) is 0 Å². The maximum atomic E-state index is 6.18. The second-order valence-electron chi connectivity index (χ2n) is 16.1. The highest BCUT2D eigenvalue weighted by atomic mass is 16.3. The van der Waals surface area contributed by atoms with Crippen LogP contribution in [-0.2, 0) is 0 Å². The standard InChI is InChI=1S/C60H39NO/c1-2-11-45-36-47(25-24-40(45)10-1)43-22-20-41(21-23-43)42-26-31-50(32-27-42)61(52-14-9-13-46(37-52)48-30-35-60-58(38-48)56-18-7-8-19-59(56)62-60)51-33-28-44(29-34-51)57-39-49-12-3-4-15-53(49)54-16-5-6-17-55(54)57/h1-39H. The number of hydrogen-bond acceptors (Lipinski definition) is 2. The number of anilines is 3. The SMILES string of the molecule is c1cc(-c2ccc3oc4ccccc4c3c2)cc(N(c2ccc(-c3ccc(-c4ccc5ccccc5c4)cc3)cc2)c2ccc(-c3cc4ccccc4c4ccccc34)cc2)c1. The van der Waals surface area contributed by atoms with E-state index in [9.17, 15) is 0 Å². The quantitative estimate of drug-likeness (QED) is 0.150. The fourth-order valence-corrected chi connectivity index (χ4v) is 9.29. The smallest absolute Gasteiger partial charge is 0.135 e. The van der Waals surface area contributed by atoms with Gasteiger partial charge in [0.05, 0.1) is 0 Å². The van der Waals surface area contributed by atoms with Crippen molar-refractivity contribution in [1.29, 1.82) is 0 Å². The van der Waals surface area contributed by atoms with Crippen molar-refractivity contribution in [1.82, 2.24) is 0 Å². The monoisotopic (exact) mass is 789 g/mol. The van der Waals surface area contributed by atoms with Gasteiger partial charge >= 0.3 is 0 Å². The van der Waals surface area contributed by atoms with Gasteiger partial charge in [-0.25, -0.2) is 0 Å². The first kappa shape index (κ1) is 35.7. The van der Waals surface area contributed by atoms with Crippen LogP contribution in [0.2, 0.25) is 0 Å². The van der Waals surface area contributed by atoms with Crippen LogP contribution in [0.1, 0.15) is 0 Å². The van der Waals surface area contributed by atoms with E-state index in [0.717, 1.165) is 50.1 Å². The highest BCUT2D eigenvalue weighted by Crippen LogP contribution is 2.41. The molecule has 62 heavy (non-hydrogen) atoms. The second-order valence-corrected chi connectivity index (χ2v) is 16.1. The molecule has 0 amide bonds. The molecule has 0 bridgehead atoms. The van der Waals surface area contributed by atoms with Crippen molar-refractivity contribution in [2.75, 3.05) is 4.90 Å². The average Bonchev–Trinajstić information content (AvgIpc) is 3.72. The predicted octanol–water partition coefficient (Wildman–Crippen LogP) is 17.2. The van der Waals surface area contributed by atoms with Gasteiger partial charge in [-0.3, -0.25) is 0 Å². The number of para-hydroxylation sites is 1. The topological polar surface area (TPSA) is 16.4 Å². The number of hydrogen-bond donors (Lipinski definition) is 0. The molecule has 0 radical (unpaired) electrons. The van der Waals surface area contributed by atoms with E-state index in [1.165, 1.54) is 65.7 Å². The molecule has 0 aliphatic heterocycles. The lowest BCUT2D eigenvalue weighted by atomic mass is 9.93. The highest BCUT2D eigenvalue weighted by Gasteiger charge is 2.17. The zero-order chi connectivity index (χ0) is 41.0. The van der Waals surface area contributed by atoms with Crippen LogP contribution in [0.4, 0.5) is 17.1 Å². The maximum absolute atomic E-state index is 6.18. The summed E-state index contributed by atoms with van der Waals surface area (Å²) >= 11 is 0. The lowest BCUT2D eigenvalue weighted by molar-refractivity contribution is 0.669. The first-order valence-electron chi connectivity index (χ1n) is 21.2. The molecule has 0 fully saturated rings. The van der Waals surface area contributed by atoms with E-state index in [2.05, 4.69) is 229 Å². The molecular formula is C60H39NO. The summed E-state index contributed by atoms with van der Waals surface area (Å²) in [6.45, 7) is 0. The molecule has 0 N–H and O–H groups in total. The van der Waals surface area contributed by atoms with E-state index >= 15 is 0 Å². The van der Waals surface area contributed by atoms with Gasteiger partial charge in [0.25, 0.3) is 0 Å². The van der Waals surface area contributed by atoms with Gasteiger partial charge in [0.15, 0.2) is 0 Å². The van der Waals surface area contributed by atoms with Crippen molar-refractivity contribution in [3.63, 3.8) is 0 Å². The van der Waals surface area contributed by atoms with Crippen LogP contribution in [0, 0.1) is 0 Å². The zero-order valence-electron chi connectivity index (χ0n) is 33.9. The molecule has 12 rings (SSSR count). The van der Waals surface area contributed by atoms with Crippen molar-refractivity contribution in [2.45, 2.75) is 0 Å². The molecule has 2 heteroatoms. The minimum atomic E-state index is 0.899. The third-order valence-corrected chi connectivity index (χ3v) is 12.4. The first-order valence-corrected chi connectivity index (χ1v) is 21.2. The molecule has 0 atom stereocenters. The Morgan fingerprint density at radius 2 is 0.758 bits per heavy atom. The van der Waals surface area contributed by atoms with Crippen molar-refractivity contribution in [3.8, 4) is 44.5 Å². The van der Waals surface area contributed by atoms with E-state index in [4.69, 9.17) is 4.42 Å². The number of benzene rings is 11. The minimum absolute atomic E-state index is 0.899. The summed E-state index contributed by atoms with van der Waals surface area (Å²) in [5.41, 5.74) is 14.5. The molecule has 290 valence electrons. The lowest BCUT2D eigenvalue weighted by Gasteiger charge is -2.26. The molecule has 1 heterocycles. The molecule has 0 saturated carbocycles. The molecule has 0 unspecified atom stereocenters. The van der Waals surface area contributed by atoms with E-state index < -0.39 is 0 Å². The molecule has 0 spiro atoms. The largest absolute Gasteiger partial charge is 0.456 e. The van der Waals surface area contributed by atoms with Gasteiger partial charge in [0.2, 0.25) is 0 Å². The summed E-state index contributed by atoms with van der Waals surface area (Å²) in [5, 5.41) is 9.81. The number of nitrogens with zero attached hydrogens (tertiary/aromatic N) is 1. The molecule has 0 aliphatic carbocycles. The fourth-order valence-electron chi connectivity index (χ4n) is 9.29. The summed E-state index contributed by atoms with van der Waals surface area (Å²) in [4.78, 5) is 2.37. The zero-order valence-corrected chi connectivity index (χ0v) is 33.9. The summed E-state index contributed by atoms with van der Waals surface area (Å²) in [6, 6.07) is 85.6. The molecule has 12 aromatic rings. The van der Waals surface area contributed by atoms with E-state index in [1.54, 1.807) is 0 Å². The van der Waals surface area contributed by atoms with E-state index in [0.29, 0.717) is 0 Å². The van der Waals surface area contributed by atoms with Crippen LogP contribution in [0.15, 0.2) is 241 Å². The van der Waals surface area contributed by atoms with Gasteiger partial charge in [0, 0.05) is 27.8 Å². The number of fused-ring (bicyclic) bond motifs is 7. The van der Waals surface area contributed by atoms with Gasteiger partial charge in [-0.05, 0) is 144 Å². The minimum Gasteiger partial charge on any atom is -0.456 e. The van der Waals surface area contributed by atoms with Gasteiger partial charge in [0.1, 0.15) is 11.2 Å². The summed E-state index contributed by atoms with van der Waals surface area (Å²) in [5.74, 6) is 0. The molecule has 11 aromatic carbocycles. The maximum Gasteiger partial charge on any atom is 0.135 e. The Morgan fingerprint density at radius 3 is 1.52 bits per heavy atom. The van der Waals surface area contributed by atoms with Crippen LogP contribution >= 0.6 is 0 Å². The molecular weight excluding hydrogens is 751 g/mol. The molecule has 0 saturated heterocycles. The third kappa shape index (κ3) is 6.29. The third-order valence-electron chi connectivity index (χ3n) is 12.4. The number of furan rings is 1. The Balaban J connectivity index is 0.928. The lowest BCUT2D eigenvalue weighted by Crippen LogP contribution is -2.10. The first-order chi connectivity index (χ1) is 30.7. The molecule has 2 nitrogen and oxygen atoms in total. The molecule has 1 aromatic heterocycles. The predicted molar refractivity (Wildman–Crippen MR) is 263 cm³/mol. The summed E-state index contributed by atoms with van der Waals surface area (Å²) in [6.07, 6.45) is 0. The highest BCUT2D eigenvalue weighted by molar-refractivity contribution is 6.14. The number of rotatable bonds is 7. The van der Waals surface area contributed by atoms with Gasteiger partial charge in [-0.1, -0.05) is 170 Å². The van der Waals surface area contributed by atoms with E-state index in [1.807, 2.05) is 12.1 Å². The van der Waals surface area contributed by atoms with Crippen LogP contribution in [0.25, 0.3) is 98.8 Å². The van der Waals surface area contributed by atoms with E-state index in [-0.39, 0.29) is 0 Å². The normalized spacial score (nSPS) is 11.5. The van der Waals surface area contributed by atoms with Crippen molar-refractivity contribution >= 4 is 71.3 Å². The fraction of sp³-hybridized carbons (Fsp3) is 0. The van der Waals surface area contributed by atoms with Crippen molar-refractivity contribution in [3.05, 3.63) is 237 Å². The Morgan fingerprint density at radius 1 is 0.242 bits per heavy atom. The van der Waals surface area contributed by atoms with Gasteiger partial charge in [-0.2, -0.15) is 0 Å². The average molecular weight is 790 g/mol. The van der Waals surface area contributed by atoms with Crippen LogP contribution < -0.4 is 4.90 Å². The summed E-state index contributed by atoms with van der Waals surface area (Å²) < 4.78 is 6.18. The van der Waals surface area contributed by atoms with Gasteiger partial charge in [-0.15, -0.1) is 0 Å². The summed E-state index contributed by atoms with van der Waals surface area (Å²) in [7, 11) is 0. The Kier molecular flexibility index (Phi) is 8.53.